The number of benzene rings is 2. The van der Waals surface area contributed by atoms with Crippen molar-refractivity contribution in [2.75, 3.05) is 18.0 Å². The second kappa shape index (κ2) is 7.69. The molecule has 2 heterocycles. The van der Waals surface area contributed by atoms with E-state index in [1.165, 1.54) is 0 Å². The number of amides is 1. The van der Waals surface area contributed by atoms with E-state index >= 15 is 0 Å². The fourth-order valence-corrected chi connectivity index (χ4v) is 3.59. The van der Waals surface area contributed by atoms with Crippen LogP contribution in [-0.4, -0.2) is 41.2 Å². The van der Waals surface area contributed by atoms with E-state index in [4.69, 9.17) is 4.98 Å². The largest absolute Gasteiger partial charge is 0.405 e. The summed E-state index contributed by atoms with van der Waals surface area (Å²) in [7, 11) is 0. The molecule has 1 N–H and O–H groups in total. The summed E-state index contributed by atoms with van der Waals surface area (Å²) in [5, 5.41) is 2.86. The van der Waals surface area contributed by atoms with E-state index in [0.717, 1.165) is 22.2 Å². The fourth-order valence-electron chi connectivity index (χ4n) is 3.59. The molecule has 0 aliphatic carbocycles. The van der Waals surface area contributed by atoms with Crippen molar-refractivity contribution in [1.29, 1.82) is 0 Å². The van der Waals surface area contributed by atoms with E-state index in [9.17, 15) is 18.0 Å². The van der Waals surface area contributed by atoms with Crippen LogP contribution in [0.3, 0.4) is 0 Å². The fraction of sp³-hybridized carbons (Fsp3) is 0.286. The van der Waals surface area contributed by atoms with Crippen LogP contribution in [0.15, 0.2) is 54.6 Å². The van der Waals surface area contributed by atoms with Crippen LogP contribution in [-0.2, 0) is 4.79 Å². The Balaban J connectivity index is 1.71. The van der Waals surface area contributed by atoms with Gasteiger partial charge in [-0.15, -0.1) is 0 Å². The smallest absolute Gasteiger partial charge is 0.345 e. The van der Waals surface area contributed by atoms with Crippen molar-refractivity contribution in [2.45, 2.75) is 25.1 Å². The Morgan fingerprint density at radius 1 is 1.07 bits per heavy atom. The van der Waals surface area contributed by atoms with Gasteiger partial charge in [0.2, 0.25) is 11.9 Å². The number of alkyl halides is 3. The standard InChI is InChI=1S/C21H19F3N4O/c22-21(23,24)13-25-19(29)17-11-6-12-28(17)20-26-16-10-5-4-9-15(16)18(27-20)14-7-2-1-3-8-14/h1-5,7-10,17H,6,11-13H2,(H,25,29). The number of hydrogen-bond acceptors (Lipinski definition) is 4. The van der Waals surface area contributed by atoms with Crippen LogP contribution in [0, 0.1) is 0 Å². The highest BCUT2D eigenvalue weighted by Gasteiger charge is 2.35. The lowest BCUT2D eigenvalue weighted by molar-refractivity contribution is -0.139. The third-order valence-corrected chi connectivity index (χ3v) is 4.91. The number of nitrogens with one attached hydrogen (secondary N) is 1. The molecule has 0 spiro atoms. The van der Waals surface area contributed by atoms with Gasteiger partial charge in [-0.1, -0.05) is 48.5 Å². The number of anilines is 1. The predicted octanol–water partition coefficient (Wildman–Crippen LogP) is 3.94. The average Bonchev–Trinajstić information content (AvgIpc) is 3.21. The Morgan fingerprint density at radius 2 is 1.79 bits per heavy atom. The maximum absolute atomic E-state index is 12.5. The molecule has 1 saturated heterocycles. The molecule has 29 heavy (non-hydrogen) atoms. The van der Waals surface area contributed by atoms with Gasteiger partial charge in [0.05, 0.1) is 11.2 Å². The summed E-state index contributed by atoms with van der Waals surface area (Å²) in [6, 6.07) is 16.5. The number of rotatable bonds is 4. The Bertz CT molecular complexity index is 1020. The molecule has 0 bridgehead atoms. The van der Waals surface area contributed by atoms with E-state index in [-0.39, 0.29) is 0 Å². The SMILES string of the molecule is O=C(NCC(F)(F)F)C1CCCN1c1nc(-c2ccccc2)c2ccccc2n1. The second-order valence-corrected chi connectivity index (χ2v) is 6.94. The van der Waals surface area contributed by atoms with Crippen LogP contribution >= 0.6 is 0 Å². The van der Waals surface area contributed by atoms with Gasteiger partial charge in [0.25, 0.3) is 0 Å². The Labute approximate surface area is 165 Å². The zero-order valence-corrected chi connectivity index (χ0v) is 15.5. The van der Waals surface area contributed by atoms with E-state index < -0.39 is 24.7 Å². The number of carbonyl (C=O) groups excluding carboxylic acids is 1. The Morgan fingerprint density at radius 3 is 2.55 bits per heavy atom. The summed E-state index contributed by atoms with van der Waals surface area (Å²) in [6.07, 6.45) is -3.31. The first kappa shape index (κ1) is 19.2. The summed E-state index contributed by atoms with van der Waals surface area (Å²) in [4.78, 5) is 23.4. The topological polar surface area (TPSA) is 58.1 Å². The number of nitrogens with zero attached hydrogens (tertiary/aromatic N) is 3. The van der Waals surface area contributed by atoms with Crippen molar-refractivity contribution in [1.82, 2.24) is 15.3 Å². The van der Waals surface area contributed by atoms with Crippen molar-refractivity contribution in [2.24, 2.45) is 0 Å². The van der Waals surface area contributed by atoms with Gasteiger partial charge in [-0.3, -0.25) is 4.79 Å². The summed E-state index contributed by atoms with van der Waals surface area (Å²) in [5.41, 5.74) is 2.36. The maximum atomic E-state index is 12.5. The molecule has 2 aromatic carbocycles. The van der Waals surface area contributed by atoms with Crippen LogP contribution in [0.25, 0.3) is 22.2 Å². The van der Waals surface area contributed by atoms with E-state index in [1.807, 2.05) is 59.9 Å². The minimum atomic E-state index is -4.45. The molecule has 3 aromatic rings. The van der Waals surface area contributed by atoms with Crippen LogP contribution in [0.4, 0.5) is 19.1 Å². The quantitative estimate of drug-likeness (QED) is 0.721. The van der Waals surface area contributed by atoms with E-state index in [2.05, 4.69) is 4.98 Å². The van der Waals surface area contributed by atoms with Crippen molar-refractivity contribution >= 4 is 22.8 Å². The number of aromatic nitrogens is 2. The molecule has 1 aromatic heterocycles. The molecule has 0 radical (unpaired) electrons. The van der Waals surface area contributed by atoms with Crippen LogP contribution < -0.4 is 10.2 Å². The predicted molar refractivity (Wildman–Crippen MR) is 104 cm³/mol. The number of para-hydroxylation sites is 1. The highest BCUT2D eigenvalue weighted by Crippen LogP contribution is 2.31. The molecule has 0 saturated carbocycles. The molecule has 8 heteroatoms. The van der Waals surface area contributed by atoms with Crippen LogP contribution in [0.5, 0.6) is 0 Å². The first-order chi connectivity index (χ1) is 13.9. The molecule has 5 nitrogen and oxygen atoms in total. The summed E-state index contributed by atoms with van der Waals surface area (Å²) in [6.45, 7) is -0.833. The third kappa shape index (κ3) is 4.16. The number of halogens is 3. The summed E-state index contributed by atoms with van der Waals surface area (Å²) >= 11 is 0. The first-order valence-electron chi connectivity index (χ1n) is 9.36. The van der Waals surface area contributed by atoms with Crippen molar-refractivity contribution in [3.8, 4) is 11.3 Å². The highest BCUT2D eigenvalue weighted by atomic mass is 19.4. The lowest BCUT2D eigenvalue weighted by atomic mass is 10.1. The molecule has 1 amide bonds. The average molecular weight is 400 g/mol. The van der Waals surface area contributed by atoms with Gasteiger partial charge in [0, 0.05) is 17.5 Å². The molecule has 4 rings (SSSR count). The number of fused-ring (bicyclic) bond motifs is 1. The van der Waals surface area contributed by atoms with Gasteiger partial charge in [0.15, 0.2) is 0 Å². The normalized spacial score (nSPS) is 16.9. The third-order valence-electron chi connectivity index (χ3n) is 4.91. The van der Waals surface area contributed by atoms with Gasteiger partial charge in [-0.05, 0) is 18.9 Å². The molecular weight excluding hydrogens is 381 g/mol. The zero-order chi connectivity index (χ0) is 20.4. The second-order valence-electron chi connectivity index (χ2n) is 6.94. The molecule has 1 fully saturated rings. The van der Waals surface area contributed by atoms with Crippen molar-refractivity contribution in [3.05, 3.63) is 54.6 Å². The van der Waals surface area contributed by atoms with Gasteiger partial charge in [-0.2, -0.15) is 13.2 Å². The van der Waals surface area contributed by atoms with E-state index in [1.54, 1.807) is 4.90 Å². The molecule has 1 aliphatic heterocycles. The molecule has 150 valence electrons. The van der Waals surface area contributed by atoms with Crippen molar-refractivity contribution in [3.63, 3.8) is 0 Å². The van der Waals surface area contributed by atoms with Crippen LogP contribution in [0.1, 0.15) is 12.8 Å². The summed E-state index contributed by atoms with van der Waals surface area (Å²) in [5.74, 6) is -0.301. The maximum Gasteiger partial charge on any atom is 0.405 e. The van der Waals surface area contributed by atoms with Gasteiger partial charge < -0.3 is 10.2 Å². The lowest BCUT2D eigenvalue weighted by Crippen LogP contribution is -2.46. The highest BCUT2D eigenvalue weighted by molar-refractivity contribution is 5.93. The summed E-state index contributed by atoms with van der Waals surface area (Å²) < 4.78 is 37.5. The molecule has 1 atom stereocenters. The van der Waals surface area contributed by atoms with Gasteiger partial charge in [-0.25, -0.2) is 9.97 Å². The first-order valence-corrected chi connectivity index (χ1v) is 9.36. The Kier molecular flexibility index (Phi) is 5.08. The lowest BCUT2D eigenvalue weighted by Gasteiger charge is -2.25. The number of hydrogen-bond donors (Lipinski definition) is 1. The van der Waals surface area contributed by atoms with E-state index in [0.29, 0.717) is 25.3 Å². The molecule has 1 unspecified atom stereocenters. The number of carbonyl (C=O) groups is 1. The van der Waals surface area contributed by atoms with Gasteiger partial charge >= 0.3 is 6.18 Å². The van der Waals surface area contributed by atoms with Crippen LogP contribution in [0.2, 0.25) is 0 Å². The zero-order valence-electron chi connectivity index (χ0n) is 15.5. The minimum Gasteiger partial charge on any atom is -0.345 e. The minimum absolute atomic E-state index is 0.354. The molecule has 1 aliphatic rings. The molecular formula is C21H19F3N4O. The van der Waals surface area contributed by atoms with Crippen molar-refractivity contribution < 1.29 is 18.0 Å². The Hall–Kier alpha value is -3.16. The monoisotopic (exact) mass is 400 g/mol. The van der Waals surface area contributed by atoms with Gasteiger partial charge in [0.1, 0.15) is 12.6 Å².